The van der Waals surface area contributed by atoms with E-state index < -0.39 is 53.1 Å². The molecule has 0 aliphatic heterocycles. The van der Waals surface area contributed by atoms with Crippen LogP contribution in [-0.4, -0.2) is 60.2 Å². The number of rotatable bonds is 7. The molecule has 0 radical (unpaired) electrons. The smallest absolute Gasteiger partial charge is 0.336 e. The zero-order valence-electron chi connectivity index (χ0n) is 15.0. The first-order chi connectivity index (χ1) is 12.5. The van der Waals surface area contributed by atoms with Crippen LogP contribution >= 0.6 is 0 Å². The Morgan fingerprint density at radius 3 is 1.34 bits per heavy atom. The molecule has 0 spiro atoms. The van der Waals surface area contributed by atoms with E-state index in [-0.39, 0.29) is 6.08 Å². The number of nitrogens with zero attached hydrogens (tertiary/aromatic N) is 1. The fourth-order valence-electron chi connectivity index (χ4n) is 1.43. The van der Waals surface area contributed by atoms with Gasteiger partial charge in [0.05, 0.1) is 6.54 Å². The maximum atomic E-state index is 13.3. The van der Waals surface area contributed by atoms with Crippen LogP contribution in [0.25, 0.3) is 0 Å². The Bertz CT molecular complexity index is 568. The summed E-state index contributed by atoms with van der Waals surface area (Å²) in [4.78, 5) is 10.5. The highest BCUT2D eigenvalue weighted by atomic mass is 19.4. The second-order valence-electron chi connectivity index (χ2n) is 5.61. The monoisotopic (exact) mass is 461 g/mol. The predicted octanol–water partition coefficient (Wildman–Crippen LogP) is 5.79. The minimum absolute atomic E-state index is 0.221. The first-order valence-electron chi connectivity index (χ1n) is 7.36. The normalized spacial score (nSPS) is 14.1. The summed E-state index contributed by atoms with van der Waals surface area (Å²) in [5.74, 6) is -38.9. The van der Waals surface area contributed by atoms with E-state index in [2.05, 4.69) is 20.4 Å². The van der Waals surface area contributed by atoms with Crippen LogP contribution in [0.5, 0.6) is 0 Å². The van der Waals surface area contributed by atoms with Crippen molar-refractivity contribution in [2.24, 2.45) is 0 Å². The molecule has 0 aliphatic rings. The molecule has 0 aromatic heterocycles. The number of amides is 1. The Kier molecular flexibility index (Phi) is 9.13. The topological polar surface area (TPSA) is 20.3 Å². The number of hydrogen-bond acceptors (Lipinski definition) is 1. The summed E-state index contributed by atoms with van der Waals surface area (Å²) in [6.45, 7) is 4.24. The number of hydrogen-bond donors (Lipinski definition) is 0. The molecular weight excluding hydrogens is 445 g/mol. The Morgan fingerprint density at radius 2 is 1.07 bits per heavy atom. The van der Waals surface area contributed by atoms with Crippen molar-refractivity contribution in [1.82, 2.24) is 4.90 Å². The molecule has 0 saturated heterocycles. The van der Waals surface area contributed by atoms with Crippen molar-refractivity contribution in [1.29, 1.82) is 0 Å². The summed E-state index contributed by atoms with van der Waals surface area (Å²) in [6, 6.07) is 0. The van der Waals surface area contributed by atoms with Gasteiger partial charge in [0.2, 0.25) is 5.91 Å². The van der Waals surface area contributed by atoms with Crippen molar-refractivity contribution >= 4 is 5.91 Å². The quantitative estimate of drug-likeness (QED) is 0.348. The fourth-order valence-corrected chi connectivity index (χ4v) is 1.43. The lowest BCUT2D eigenvalue weighted by atomic mass is 9.93. The minimum Gasteiger partial charge on any atom is -0.336 e. The Morgan fingerprint density at radius 1 is 0.759 bits per heavy atom. The van der Waals surface area contributed by atoms with Gasteiger partial charge in [0.1, 0.15) is 0 Å². The standard InChI is InChI=1S/C11H8F13NO.C3H8/c1-3-5(26)25(2)4-6(12,13)7(14,15)8(16,17)9(18,19)10(20,21)11(22,23)24;1-3-2/h3H,1,4H2,2H3;3H2,1-2H3. The van der Waals surface area contributed by atoms with Gasteiger partial charge < -0.3 is 4.90 Å². The van der Waals surface area contributed by atoms with Gasteiger partial charge in [0, 0.05) is 7.05 Å². The lowest BCUT2D eigenvalue weighted by Crippen LogP contribution is -2.71. The highest BCUT2D eigenvalue weighted by Gasteiger charge is 2.90. The predicted molar refractivity (Wildman–Crippen MR) is 74.6 cm³/mol. The van der Waals surface area contributed by atoms with Gasteiger partial charge in [-0.15, -0.1) is 0 Å². The summed E-state index contributed by atoms with van der Waals surface area (Å²) in [5, 5.41) is 0. The molecule has 0 rings (SSSR count). The molecule has 0 fully saturated rings. The van der Waals surface area contributed by atoms with Gasteiger partial charge in [-0.2, -0.15) is 57.1 Å². The van der Waals surface area contributed by atoms with E-state index >= 15 is 0 Å². The van der Waals surface area contributed by atoms with Gasteiger partial charge in [-0.25, -0.2) is 0 Å². The van der Waals surface area contributed by atoms with E-state index in [1.54, 1.807) is 0 Å². The highest BCUT2D eigenvalue weighted by Crippen LogP contribution is 2.60. The first kappa shape index (κ1) is 29.5. The molecule has 29 heavy (non-hydrogen) atoms. The first-order valence-corrected chi connectivity index (χ1v) is 7.36. The van der Waals surface area contributed by atoms with Crippen molar-refractivity contribution < 1.29 is 61.9 Å². The van der Waals surface area contributed by atoms with Crippen molar-refractivity contribution in [2.75, 3.05) is 13.6 Å². The third-order valence-corrected chi connectivity index (χ3v) is 2.99. The van der Waals surface area contributed by atoms with Gasteiger partial charge in [-0.05, 0) is 6.08 Å². The summed E-state index contributed by atoms with van der Waals surface area (Å²) in [6.07, 6.45) is -5.99. The molecule has 0 N–H and O–H groups in total. The number of carbonyl (C=O) groups excluding carboxylic acids is 1. The van der Waals surface area contributed by atoms with Crippen LogP contribution in [0, 0.1) is 0 Å². The van der Waals surface area contributed by atoms with E-state index in [4.69, 9.17) is 0 Å². The maximum Gasteiger partial charge on any atom is 0.460 e. The Hall–Kier alpha value is -1.70. The van der Waals surface area contributed by atoms with E-state index in [1.807, 2.05) is 0 Å². The van der Waals surface area contributed by atoms with Crippen LogP contribution in [0.3, 0.4) is 0 Å². The lowest BCUT2D eigenvalue weighted by molar-refractivity contribution is -0.439. The zero-order valence-corrected chi connectivity index (χ0v) is 15.0. The van der Waals surface area contributed by atoms with Crippen molar-refractivity contribution in [3.8, 4) is 0 Å². The van der Waals surface area contributed by atoms with E-state index in [0.717, 1.165) is 0 Å². The van der Waals surface area contributed by atoms with Gasteiger partial charge >= 0.3 is 35.8 Å². The van der Waals surface area contributed by atoms with Gasteiger partial charge in [0.15, 0.2) is 0 Å². The third kappa shape index (κ3) is 5.27. The second-order valence-corrected chi connectivity index (χ2v) is 5.61. The molecular formula is C14H16F13NO. The van der Waals surface area contributed by atoms with Crippen molar-refractivity contribution in [3.63, 3.8) is 0 Å². The van der Waals surface area contributed by atoms with Crippen LogP contribution in [0.4, 0.5) is 57.1 Å². The second kappa shape index (κ2) is 8.98. The van der Waals surface area contributed by atoms with Crippen LogP contribution in [-0.2, 0) is 4.79 Å². The average molecular weight is 461 g/mol. The molecule has 0 aromatic rings. The molecule has 0 aliphatic carbocycles. The molecule has 0 aromatic carbocycles. The molecule has 0 saturated carbocycles. The molecule has 15 heteroatoms. The molecule has 174 valence electrons. The van der Waals surface area contributed by atoms with Gasteiger partial charge in [-0.3, -0.25) is 4.79 Å². The molecule has 0 unspecified atom stereocenters. The van der Waals surface area contributed by atoms with E-state index in [1.165, 1.54) is 6.42 Å². The minimum atomic E-state index is -7.95. The average Bonchev–Trinajstić information content (AvgIpc) is 2.52. The number of halogens is 13. The number of likely N-dealkylation sites (N-methyl/N-ethyl adjacent to an activating group) is 1. The zero-order chi connectivity index (χ0) is 24.3. The van der Waals surface area contributed by atoms with Crippen LogP contribution < -0.4 is 0 Å². The lowest BCUT2D eigenvalue weighted by Gasteiger charge is -2.40. The fraction of sp³-hybridized carbons (Fsp3) is 0.786. The van der Waals surface area contributed by atoms with Gasteiger partial charge in [0.25, 0.3) is 0 Å². The molecule has 0 heterocycles. The third-order valence-electron chi connectivity index (χ3n) is 2.99. The SMILES string of the molecule is C=CC(=O)N(C)CC(F)(F)C(F)(F)C(F)(F)C(F)(F)C(F)(F)C(F)(F)F.CCC. The summed E-state index contributed by atoms with van der Waals surface area (Å²) in [7, 11) is 0.300. The van der Waals surface area contributed by atoms with Crippen molar-refractivity contribution in [2.45, 2.75) is 56.1 Å². The van der Waals surface area contributed by atoms with Crippen LogP contribution in [0.2, 0.25) is 0 Å². The molecule has 2 nitrogen and oxygen atoms in total. The summed E-state index contributed by atoms with van der Waals surface area (Å²) in [5.41, 5.74) is 0. The van der Waals surface area contributed by atoms with E-state index in [0.29, 0.717) is 7.05 Å². The summed E-state index contributed by atoms with van der Waals surface area (Å²) < 4.78 is 166. The van der Waals surface area contributed by atoms with Gasteiger partial charge in [-0.1, -0.05) is 26.8 Å². The molecule has 1 amide bonds. The highest BCUT2D eigenvalue weighted by molar-refractivity contribution is 5.86. The Labute approximate surface area is 156 Å². The molecule has 0 bridgehead atoms. The van der Waals surface area contributed by atoms with Crippen molar-refractivity contribution in [3.05, 3.63) is 12.7 Å². The van der Waals surface area contributed by atoms with E-state index in [9.17, 15) is 61.9 Å². The molecule has 0 atom stereocenters. The van der Waals surface area contributed by atoms with Crippen LogP contribution in [0.1, 0.15) is 20.3 Å². The summed E-state index contributed by atoms with van der Waals surface area (Å²) >= 11 is 0. The maximum absolute atomic E-state index is 13.3. The number of carbonyl (C=O) groups is 1. The number of alkyl halides is 13. The Balaban J connectivity index is 0. The largest absolute Gasteiger partial charge is 0.460 e. The van der Waals surface area contributed by atoms with Crippen LogP contribution in [0.15, 0.2) is 12.7 Å².